The van der Waals surface area contributed by atoms with Gasteiger partial charge in [-0.05, 0) is 50.0 Å². The maximum Gasteiger partial charge on any atom is 0.226 e. The first kappa shape index (κ1) is 18.0. The molecule has 0 bridgehead atoms. The Bertz CT molecular complexity index is 1600. The summed E-state index contributed by atoms with van der Waals surface area (Å²) in [4.78, 5) is 13.7. The molecule has 146 valence electrons. The van der Waals surface area contributed by atoms with Crippen molar-refractivity contribution in [1.29, 1.82) is 0 Å². The van der Waals surface area contributed by atoms with Gasteiger partial charge in [0.2, 0.25) is 5.28 Å². The second-order valence-electron chi connectivity index (χ2n) is 7.50. The zero-order chi connectivity index (χ0) is 20.8. The van der Waals surface area contributed by atoms with Gasteiger partial charge < -0.3 is 0 Å². The van der Waals surface area contributed by atoms with E-state index in [9.17, 15) is 0 Å². The van der Waals surface area contributed by atoms with Crippen LogP contribution in [-0.4, -0.2) is 15.0 Å². The van der Waals surface area contributed by atoms with Gasteiger partial charge in [0.1, 0.15) is 0 Å². The van der Waals surface area contributed by atoms with E-state index in [0.29, 0.717) is 11.6 Å². The van der Waals surface area contributed by atoms with E-state index in [4.69, 9.17) is 16.6 Å². The Morgan fingerprint density at radius 3 is 1.94 bits per heavy atom. The highest BCUT2D eigenvalue weighted by atomic mass is 35.5. The highest BCUT2D eigenvalue weighted by Crippen LogP contribution is 2.31. The molecule has 0 atom stereocenters. The third-order valence-corrected chi connectivity index (χ3v) is 5.81. The van der Waals surface area contributed by atoms with Gasteiger partial charge >= 0.3 is 0 Å². The van der Waals surface area contributed by atoms with Gasteiger partial charge in [-0.1, -0.05) is 91.0 Å². The first-order valence-corrected chi connectivity index (χ1v) is 10.5. The summed E-state index contributed by atoms with van der Waals surface area (Å²) in [5.74, 6) is 1.14. The van der Waals surface area contributed by atoms with Crippen molar-refractivity contribution in [3.8, 4) is 22.8 Å². The predicted molar refractivity (Wildman–Crippen MR) is 128 cm³/mol. The molecule has 0 aliphatic rings. The van der Waals surface area contributed by atoms with Crippen LogP contribution < -0.4 is 0 Å². The minimum atomic E-state index is 0.186. The van der Waals surface area contributed by atoms with Gasteiger partial charge in [0, 0.05) is 11.1 Å². The standard InChI is InChI=1S/C27H16ClN3/c28-27-30-25(29-26(31-27)23-11-5-8-17-6-1-3-9-21(17)23)20-15-14-19-13-12-18-7-2-4-10-22(18)24(19)16-20/h1-16H. The van der Waals surface area contributed by atoms with Crippen LogP contribution in [-0.2, 0) is 0 Å². The van der Waals surface area contributed by atoms with E-state index in [1.54, 1.807) is 0 Å². The van der Waals surface area contributed by atoms with Gasteiger partial charge in [0.05, 0.1) is 0 Å². The van der Waals surface area contributed by atoms with Gasteiger partial charge in [0.15, 0.2) is 11.6 Å². The molecule has 1 aromatic heterocycles. The molecular weight excluding hydrogens is 402 g/mol. The summed E-state index contributed by atoms with van der Waals surface area (Å²) in [6.07, 6.45) is 0. The summed E-state index contributed by atoms with van der Waals surface area (Å²) in [7, 11) is 0. The lowest BCUT2D eigenvalue weighted by Gasteiger charge is -2.09. The SMILES string of the molecule is Clc1nc(-c2ccc3ccc4ccccc4c3c2)nc(-c2cccc3ccccc23)n1. The van der Waals surface area contributed by atoms with Crippen LogP contribution in [0.25, 0.3) is 55.1 Å². The lowest BCUT2D eigenvalue weighted by atomic mass is 10.00. The molecule has 6 rings (SSSR count). The third-order valence-electron chi connectivity index (χ3n) is 5.64. The fourth-order valence-corrected chi connectivity index (χ4v) is 4.32. The molecule has 3 nitrogen and oxygen atoms in total. The number of halogens is 1. The van der Waals surface area contributed by atoms with E-state index >= 15 is 0 Å². The van der Waals surface area contributed by atoms with E-state index in [0.717, 1.165) is 21.9 Å². The van der Waals surface area contributed by atoms with Crippen molar-refractivity contribution < 1.29 is 0 Å². The summed E-state index contributed by atoms with van der Waals surface area (Å²) in [6, 6.07) is 33.3. The first-order valence-electron chi connectivity index (χ1n) is 10.1. The normalized spacial score (nSPS) is 11.4. The van der Waals surface area contributed by atoms with Gasteiger partial charge in [-0.15, -0.1) is 0 Å². The molecule has 0 aliphatic heterocycles. The maximum absolute atomic E-state index is 6.35. The predicted octanol–water partition coefficient (Wildman–Crippen LogP) is 7.32. The molecule has 6 aromatic rings. The largest absolute Gasteiger partial charge is 0.226 e. The van der Waals surface area contributed by atoms with Gasteiger partial charge in [-0.3, -0.25) is 0 Å². The van der Waals surface area contributed by atoms with Crippen molar-refractivity contribution in [1.82, 2.24) is 15.0 Å². The van der Waals surface area contributed by atoms with Gasteiger partial charge in [0.25, 0.3) is 0 Å². The lowest BCUT2D eigenvalue weighted by Crippen LogP contribution is -1.98. The zero-order valence-electron chi connectivity index (χ0n) is 16.5. The molecule has 0 unspecified atom stereocenters. The smallest absolute Gasteiger partial charge is 0.208 e. The second-order valence-corrected chi connectivity index (χ2v) is 7.84. The number of hydrogen-bond acceptors (Lipinski definition) is 3. The molecule has 0 aliphatic carbocycles. The Balaban J connectivity index is 1.56. The summed E-state index contributed by atoms with van der Waals surface area (Å²) >= 11 is 6.35. The molecule has 5 aromatic carbocycles. The number of benzene rings is 5. The summed E-state index contributed by atoms with van der Waals surface area (Å²) < 4.78 is 0. The lowest BCUT2D eigenvalue weighted by molar-refractivity contribution is 1.07. The molecular formula is C27H16ClN3. The molecule has 0 amide bonds. The van der Waals surface area contributed by atoms with Crippen molar-refractivity contribution in [3.63, 3.8) is 0 Å². The highest BCUT2D eigenvalue weighted by Gasteiger charge is 2.13. The fraction of sp³-hybridized carbons (Fsp3) is 0. The van der Waals surface area contributed by atoms with Crippen LogP contribution in [0.4, 0.5) is 0 Å². The van der Waals surface area contributed by atoms with Crippen LogP contribution in [0.5, 0.6) is 0 Å². The summed E-state index contributed by atoms with van der Waals surface area (Å²) in [5, 5.41) is 7.16. The number of aromatic nitrogens is 3. The minimum absolute atomic E-state index is 0.186. The number of nitrogens with zero attached hydrogens (tertiary/aromatic N) is 3. The van der Waals surface area contributed by atoms with Crippen molar-refractivity contribution in [2.24, 2.45) is 0 Å². The minimum Gasteiger partial charge on any atom is -0.208 e. The van der Waals surface area contributed by atoms with Crippen LogP contribution in [0.15, 0.2) is 97.1 Å². The summed E-state index contributed by atoms with van der Waals surface area (Å²) in [6.45, 7) is 0. The van der Waals surface area contributed by atoms with Gasteiger partial charge in [-0.2, -0.15) is 9.97 Å². The van der Waals surface area contributed by atoms with E-state index in [1.165, 1.54) is 21.5 Å². The van der Waals surface area contributed by atoms with E-state index in [-0.39, 0.29) is 5.28 Å². The molecule has 0 saturated heterocycles. The van der Waals surface area contributed by atoms with Crippen LogP contribution in [0.1, 0.15) is 0 Å². The monoisotopic (exact) mass is 417 g/mol. The average Bonchev–Trinajstić information content (AvgIpc) is 2.83. The molecule has 31 heavy (non-hydrogen) atoms. The Labute approximate surface area is 184 Å². The molecule has 1 heterocycles. The first-order chi connectivity index (χ1) is 15.3. The van der Waals surface area contributed by atoms with Crippen LogP contribution in [0.3, 0.4) is 0 Å². The van der Waals surface area contributed by atoms with Crippen molar-refractivity contribution >= 4 is 43.9 Å². The topological polar surface area (TPSA) is 38.7 Å². The molecule has 4 heteroatoms. The second kappa shape index (κ2) is 7.15. The average molecular weight is 418 g/mol. The maximum atomic E-state index is 6.35. The zero-order valence-corrected chi connectivity index (χ0v) is 17.2. The quantitative estimate of drug-likeness (QED) is 0.277. The van der Waals surface area contributed by atoms with Crippen LogP contribution in [0, 0.1) is 0 Å². The molecule has 0 radical (unpaired) electrons. The summed E-state index contributed by atoms with van der Waals surface area (Å²) in [5.41, 5.74) is 1.85. The number of hydrogen-bond donors (Lipinski definition) is 0. The molecule has 0 N–H and O–H groups in total. The fourth-order valence-electron chi connectivity index (χ4n) is 4.16. The Morgan fingerprint density at radius 2 is 1.10 bits per heavy atom. The van der Waals surface area contributed by atoms with E-state index in [2.05, 4.69) is 76.7 Å². The Kier molecular flexibility index (Phi) is 4.15. The van der Waals surface area contributed by atoms with E-state index < -0.39 is 0 Å². The van der Waals surface area contributed by atoms with E-state index in [1.807, 2.05) is 30.3 Å². The molecule has 0 fully saturated rings. The number of fused-ring (bicyclic) bond motifs is 4. The van der Waals surface area contributed by atoms with Gasteiger partial charge in [-0.25, -0.2) is 4.98 Å². The third kappa shape index (κ3) is 3.11. The Hall–Kier alpha value is -3.82. The van der Waals surface area contributed by atoms with Crippen molar-refractivity contribution in [2.45, 2.75) is 0 Å². The highest BCUT2D eigenvalue weighted by molar-refractivity contribution is 6.28. The molecule has 0 spiro atoms. The van der Waals surface area contributed by atoms with Crippen LogP contribution in [0.2, 0.25) is 5.28 Å². The van der Waals surface area contributed by atoms with Crippen LogP contribution >= 0.6 is 11.6 Å². The van der Waals surface area contributed by atoms with Crippen molar-refractivity contribution in [2.75, 3.05) is 0 Å². The van der Waals surface area contributed by atoms with Crippen molar-refractivity contribution in [3.05, 3.63) is 102 Å². The number of rotatable bonds is 2. The molecule has 0 saturated carbocycles. The Morgan fingerprint density at radius 1 is 0.484 bits per heavy atom.